The smallest absolute Gasteiger partial charge is 0.313 e. The predicted molar refractivity (Wildman–Crippen MR) is 59.1 cm³/mol. The number of carbonyl (C=O) groups is 1. The third-order valence-electron chi connectivity index (χ3n) is 2.06. The van der Waals surface area contributed by atoms with Gasteiger partial charge in [0, 0.05) is 0 Å². The Labute approximate surface area is 87.3 Å². The van der Waals surface area contributed by atoms with E-state index in [4.69, 9.17) is 4.74 Å². The van der Waals surface area contributed by atoms with E-state index >= 15 is 0 Å². The topological polar surface area (TPSA) is 26.3 Å². The highest BCUT2D eigenvalue weighted by Gasteiger charge is 2.16. The molecule has 0 aliphatic rings. The van der Waals surface area contributed by atoms with Crippen LogP contribution in [0.1, 0.15) is 46.5 Å². The molecule has 0 aliphatic carbocycles. The molecule has 82 valence electrons. The van der Waals surface area contributed by atoms with Gasteiger partial charge in [-0.3, -0.25) is 4.79 Å². The minimum absolute atomic E-state index is 0.0314. The molecule has 0 radical (unpaired) electrons. The Kier molecular flexibility index (Phi) is 7.17. The van der Waals surface area contributed by atoms with Crippen molar-refractivity contribution >= 4 is 5.97 Å². The van der Waals surface area contributed by atoms with Crippen LogP contribution in [0.15, 0.2) is 12.7 Å². The van der Waals surface area contributed by atoms with Gasteiger partial charge in [0.25, 0.3) is 0 Å². The SMILES string of the molecule is C=CC(CCCCC)C(=O)OC(C)C. The van der Waals surface area contributed by atoms with Crippen LogP contribution in [0.3, 0.4) is 0 Å². The van der Waals surface area contributed by atoms with Gasteiger partial charge >= 0.3 is 5.97 Å². The maximum Gasteiger partial charge on any atom is 0.313 e. The van der Waals surface area contributed by atoms with Gasteiger partial charge in [-0.25, -0.2) is 0 Å². The summed E-state index contributed by atoms with van der Waals surface area (Å²) in [6, 6.07) is 0. The lowest BCUT2D eigenvalue weighted by Crippen LogP contribution is -2.19. The van der Waals surface area contributed by atoms with Gasteiger partial charge in [-0.05, 0) is 20.3 Å². The van der Waals surface area contributed by atoms with Crippen molar-refractivity contribution in [2.75, 3.05) is 0 Å². The Morgan fingerprint density at radius 3 is 2.50 bits per heavy atom. The summed E-state index contributed by atoms with van der Waals surface area (Å²) in [6.45, 7) is 9.55. The van der Waals surface area contributed by atoms with Gasteiger partial charge in [0.1, 0.15) is 0 Å². The van der Waals surface area contributed by atoms with Gasteiger partial charge in [-0.15, -0.1) is 6.58 Å². The fourth-order valence-corrected chi connectivity index (χ4v) is 1.27. The molecule has 0 aliphatic heterocycles. The third kappa shape index (κ3) is 5.79. The second-order valence-electron chi connectivity index (χ2n) is 3.82. The molecular formula is C12H22O2. The van der Waals surface area contributed by atoms with Crippen LogP contribution in [0.2, 0.25) is 0 Å². The first-order valence-corrected chi connectivity index (χ1v) is 5.44. The Bertz CT molecular complexity index is 173. The van der Waals surface area contributed by atoms with Gasteiger partial charge in [-0.2, -0.15) is 0 Å². The summed E-state index contributed by atoms with van der Waals surface area (Å²) in [5.74, 6) is -0.255. The fraction of sp³-hybridized carbons (Fsp3) is 0.750. The van der Waals surface area contributed by atoms with E-state index in [9.17, 15) is 4.79 Å². The average molecular weight is 198 g/mol. The summed E-state index contributed by atoms with van der Waals surface area (Å²) in [7, 11) is 0. The summed E-state index contributed by atoms with van der Waals surface area (Å²) in [5, 5.41) is 0. The van der Waals surface area contributed by atoms with Crippen LogP contribution in [0.25, 0.3) is 0 Å². The lowest BCUT2D eigenvalue weighted by molar-refractivity contribution is -0.150. The van der Waals surface area contributed by atoms with Crippen molar-refractivity contribution in [3.63, 3.8) is 0 Å². The van der Waals surface area contributed by atoms with E-state index in [1.165, 1.54) is 12.8 Å². The molecule has 0 heterocycles. The summed E-state index contributed by atoms with van der Waals surface area (Å²) < 4.78 is 5.12. The molecule has 2 nitrogen and oxygen atoms in total. The first kappa shape index (κ1) is 13.2. The minimum atomic E-state index is -0.133. The molecule has 0 bridgehead atoms. The first-order valence-electron chi connectivity index (χ1n) is 5.44. The van der Waals surface area contributed by atoms with Crippen LogP contribution in [0.4, 0.5) is 0 Å². The van der Waals surface area contributed by atoms with E-state index in [1.54, 1.807) is 6.08 Å². The van der Waals surface area contributed by atoms with Gasteiger partial charge in [0.05, 0.1) is 12.0 Å². The van der Waals surface area contributed by atoms with Crippen molar-refractivity contribution in [1.82, 2.24) is 0 Å². The highest BCUT2D eigenvalue weighted by molar-refractivity contribution is 5.74. The van der Waals surface area contributed by atoms with Crippen LogP contribution in [-0.2, 0) is 9.53 Å². The van der Waals surface area contributed by atoms with Crippen molar-refractivity contribution in [2.24, 2.45) is 5.92 Å². The first-order chi connectivity index (χ1) is 6.61. The highest BCUT2D eigenvalue weighted by atomic mass is 16.5. The zero-order valence-electron chi connectivity index (χ0n) is 9.58. The molecule has 0 aromatic heterocycles. The van der Waals surface area contributed by atoms with E-state index in [0.717, 1.165) is 12.8 Å². The quantitative estimate of drug-likeness (QED) is 0.356. The summed E-state index contributed by atoms with van der Waals surface area (Å²) in [6.07, 6.45) is 5.93. The molecule has 0 saturated carbocycles. The molecule has 0 saturated heterocycles. The molecule has 1 atom stereocenters. The third-order valence-corrected chi connectivity index (χ3v) is 2.06. The molecule has 1 unspecified atom stereocenters. The zero-order valence-corrected chi connectivity index (χ0v) is 9.58. The van der Waals surface area contributed by atoms with Gasteiger partial charge in [0.15, 0.2) is 0 Å². The maximum atomic E-state index is 11.5. The van der Waals surface area contributed by atoms with E-state index in [0.29, 0.717) is 0 Å². The largest absolute Gasteiger partial charge is 0.463 e. The second kappa shape index (κ2) is 7.60. The van der Waals surface area contributed by atoms with Crippen LogP contribution >= 0.6 is 0 Å². The van der Waals surface area contributed by atoms with E-state index in [-0.39, 0.29) is 18.0 Å². The Balaban J connectivity index is 3.87. The second-order valence-corrected chi connectivity index (χ2v) is 3.82. The number of hydrogen-bond donors (Lipinski definition) is 0. The van der Waals surface area contributed by atoms with Crippen molar-refractivity contribution in [3.8, 4) is 0 Å². The van der Waals surface area contributed by atoms with Crippen molar-refractivity contribution in [2.45, 2.75) is 52.6 Å². The number of ether oxygens (including phenoxy) is 1. The Hall–Kier alpha value is -0.790. The van der Waals surface area contributed by atoms with Crippen molar-refractivity contribution < 1.29 is 9.53 Å². The minimum Gasteiger partial charge on any atom is -0.463 e. The Morgan fingerprint density at radius 1 is 1.43 bits per heavy atom. The van der Waals surface area contributed by atoms with Gasteiger partial charge < -0.3 is 4.74 Å². The number of hydrogen-bond acceptors (Lipinski definition) is 2. The predicted octanol–water partition coefficient (Wildman–Crippen LogP) is 3.32. The molecule has 2 heteroatoms. The molecule has 14 heavy (non-hydrogen) atoms. The zero-order chi connectivity index (χ0) is 11.0. The molecule has 0 spiro atoms. The summed E-state index contributed by atoms with van der Waals surface area (Å²) >= 11 is 0. The molecular weight excluding hydrogens is 176 g/mol. The van der Waals surface area contributed by atoms with E-state index < -0.39 is 0 Å². The molecule has 0 rings (SSSR count). The number of carbonyl (C=O) groups excluding carboxylic acids is 1. The lowest BCUT2D eigenvalue weighted by Gasteiger charge is -2.14. The van der Waals surface area contributed by atoms with Crippen LogP contribution < -0.4 is 0 Å². The van der Waals surface area contributed by atoms with Crippen molar-refractivity contribution in [3.05, 3.63) is 12.7 Å². The van der Waals surface area contributed by atoms with Gasteiger partial charge in [-0.1, -0.05) is 32.3 Å². The molecule has 0 amide bonds. The molecule has 0 aromatic rings. The van der Waals surface area contributed by atoms with Crippen LogP contribution in [0.5, 0.6) is 0 Å². The van der Waals surface area contributed by atoms with Crippen molar-refractivity contribution in [1.29, 1.82) is 0 Å². The van der Waals surface area contributed by atoms with Gasteiger partial charge in [0.2, 0.25) is 0 Å². The molecule has 0 N–H and O–H groups in total. The number of unbranched alkanes of at least 4 members (excludes halogenated alkanes) is 2. The highest BCUT2D eigenvalue weighted by Crippen LogP contribution is 2.13. The summed E-state index contributed by atoms with van der Waals surface area (Å²) in [5.41, 5.74) is 0. The lowest BCUT2D eigenvalue weighted by atomic mass is 10.0. The van der Waals surface area contributed by atoms with E-state index in [2.05, 4.69) is 13.5 Å². The van der Waals surface area contributed by atoms with E-state index in [1.807, 2.05) is 13.8 Å². The number of rotatable bonds is 7. The fourth-order valence-electron chi connectivity index (χ4n) is 1.27. The standard InChI is InChI=1S/C12H22O2/c1-5-7-8-9-11(6-2)12(13)14-10(3)4/h6,10-11H,2,5,7-9H2,1,3-4H3. The monoisotopic (exact) mass is 198 g/mol. The Morgan fingerprint density at radius 2 is 2.07 bits per heavy atom. The van der Waals surface area contributed by atoms with Crippen LogP contribution in [0, 0.1) is 5.92 Å². The summed E-state index contributed by atoms with van der Waals surface area (Å²) in [4.78, 5) is 11.5. The van der Waals surface area contributed by atoms with Crippen LogP contribution in [-0.4, -0.2) is 12.1 Å². The number of esters is 1. The normalized spacial score (nSPS) is 12.6. The molecule has 0 fully saturated rings. The molecule has 0 aromatic carbocycles. The maximum absolute atomic E-state index is 11.5. The average Bonchev–Trinajstić information content (AvgIpc) is 2.11.